The van der Waals surface area contributed by atoms with Crippen molar-refractivity contribution in [2.24, 2.45) is 0 Å². The molecule has 0 aliphatic carbocycles. The zero-order valence-corrected chi connectivity index (χ0v) is 18.3. The molecule has 1 N–H and O–H groups in total. The molecule has 0 bridgehead atoms. The third kappa shape index (κ3) is 4.68. The van der Waals surface area contributed by atoms with Crippen LogP contribution in [-0.2, 0) is 6.18 Å². The van der Waals surface area contributed by atoms with E-state index in [0.29, 0.717) is 31.3 Å². The quantitative estimate of drug-likeness (QED) is 0.468. The molecule has 1 saturated heterocycles. The summed E-state index contributed by atoms with van der Waals surface area (Å²) in [5, 5.41) is -0.264. The number of halogens is 5. The molecule has 5 nitrogen and oxygen atoms in total. The van der Waals surface area contributed by atoms with E-state index in [1.54, 1.807) is 36.2 Å². The minimum atomic E-state index is -4.57. The van der Waals surface area contributed by atoms with E-state index in [0.717, 1.165) is 6.07 Å². The summed E-state index contributed by atoms with van der Waals surface area (Å²) in [5.41, 5.74) is -0.114. The highest BCUT2D eigenvalue weighted by Gasteiger charge is 2.36. The van der Waals surface area contributed by atoms with Crippen LogP contribution in [0.2, 0.25) is 5.02 Å². The Morgan fingerprint density at radius 1 is 1.27 bits per heavy atom. The molecule has 1 aliphatic rings. The number of likely N-dealkylation sites (tertiary alicyclic amines) is 1. The predicted molar refractivity (Wildman–Crippen MR) is 115 cm³/mol. The fourth-order valence-corrected chi connectivity index (χ4v) is 4.19. The molecule has 3 aromatic rings. The Hall–Kier alpha value is -3.07. The highest BCUT2D eigenvalue weighted by molar-refractivity contribution is 6.31. The van der Waals surface area contributed by atoms with Gasteiger partial charge in [-0.25, -0.2) is 9.37 Å². The maximum Gasteiger partial charge on any atom is 0.417 e. The van der Waals surface area contributed by atoms with Crippen LogP contribution in [0.25, 0.3) is 11.3 Å². The normalized spacial score (nSPS) is 18.9. The van der Waals surface area contributed by atoms with Gasteiger partial charge in [-0.1, -0.05) is 17.7 Å². The summed E-state index contributed by atoms with van der Waals surface area (Å²) in [6.07, 6.45) is -1.68. The number of nitrogens with one attached hydrogen (secondary N) is 1. The van der Waals surface area contributed by atoms with Gasteiger partial charge in [0.2, 0.25) is 5.88 Å². The topological polar surface area (TPSA) is 58.2 Å². The second-order valence-corrected chi connectivity index (χ2v) is 8.20. The van der Waals surface area contributed by atoms with Gasteiger partial charge in [0, 0.05) is 30.2 Å². The molecule has 2 aromatic heterocycles. The molecule has 1 amide bonds. The summed E-state index contributed by atoms with van der Waals surface area (Å²) < 4.78 is 59.1. The van der Waals surface area contributed by atoms with Crippen LogP contribution in [0, 0.1) is 5.82 Å². The van der Waals surface area contributed by atoms with Gasteiger partial charge < -0.3 is 14.6 Å². The SMILES string of the molecule is C[C@H]1[C@H](Oc2ncc(C(F)(F)F)cc2Cl)CCCN1C(=O)c1cccc(F)c1-c1ccc[nH]1. The number of nitrogens with zero attached hydrogens (tertiary/aromatic N) is 2. The number of carbonyl (C=O) groups excluding carboxylic acids is 1. The van der Waals surface area contributed by atoms with E-state index in [2.05, 4.69) is 9.97 Å². The first-order chi connectivity index (χ1) is 15.7. The zero-order chi connectivity index (χ0) is 23.8. The highest BCUT2D eigenvalue weighted by atomic mass is 35.5. The van der Waals surface area contributed by atoms with Gasteiger partial charge in [-0.05, 0) is 50.1 Å². The molecule has 0 saturated carbocycles. The molecule has 0 unspecified atom stereocenters. The molecule has 1 aliphatic heterocycles. The first-order valence-electron chi connectivity index (χ1n) is 10.3. The molecular weight excluding hydrogens is 462 g/mol. The van der Waals surface area contributed by atoms with Crippen molar-refractivity contribution < 1.29 is 27.1 Å². The molecule has 3 heterocycles. The zero-order valence-electron chi connectivity index (χ0n) is 17.5. The number of carbonyl (C=O) groups is 1. The maximum atomic E-state index is 14.6. The fraction of sp³-hybridized carbons (Fsp3) is 0.304. The summed E-state index contributed by atoms with van der Waals surface area (Å²) in [4.78, 5) is 21.7. The Morgan fingerprint density at radius 3 is 2.73 bits per heavy atom. The highest BCUT2D eigenvalue weighted by Crippen LogP contribution is 2.35. The van der Waals surface area contributed by atoms with Crippen molar-refractivity contribution >= 4 is 17.5 Å². The lowest BCUT2D eigenvalue weighted by atomic mass is 9.96. The summed E-state index contributed by atoms with van der Waals surface area (Å²) >= 11 is 5.98. The Balaban J connectivity index is 1.57. The van der Waals surface area contributed by atoms with Crippen molar-refractivity contribution in [1.82, 2.24) is 14.9 Å². The van der Waals surface area contributed by atoms with Crippen LogP contribution in [0.15, 0.2) is 48.8 Å². The summed E-state index contributed by atoms with van der Waals surface area (Å²) in [6.45, 7) is 2.20. The van der Waals surface area contributed by atoms with E-state index in [9.17, 15) is 22.4 Å². The Kier molecular flexibility index (Phi) is 6.34. The average molecular weight is 482 g/mol. The number of amides is 1. The number of alkyl halides is 3. The summed E-state index contributed by atoms with van der Waals surface area (Å²) in [5.74, 6) is -1.03. The molecule has 0 radical (unpaired) electrons. The average Bonchev–Trinajstić information content (AvgIpc) is 3.29. The number of H-pyrrole nitrogens is 1. The number of hydrogen-bond donors (Lipinski definition) is 1. The molecule has 4 rings (SSSR count). The predicted octanol–water partition coefficient (Wildman–Crippen LogP) is 5.96. The Bertz CT molecular complexity index is 1150. The lowest BCUT2D eigenvalue weighted by molar-refractivity contribution is -0.137. The molecule has 10 heteroatoms. The van der Waals surface area contributed by atoms with E-state index in [1.165, 1.54) is 12.1 Å². The van der Waals surface area contributed by atoms with Crippen LogP contribution in [0.1, 0.15) is 35.7 Å². The standard InChI is InChI=1S/C23H20ClF4N3O2/c1-13-19(33-21-16(24)11-14(12-30-21)23(26,27)28)8-4-10-31(13)22(32)15-5-2-6-17(25)20(15)18-7-3-9-29-18/h2-3,5-7,9,11-13,19,29H,4,8,10H2,1H3/t13-,19+/m0/s1. The van der Waals surface area contributed by atoms with E-state index < -0.39 is 29.7 Å². The Labute approximate surface area is 192 Å². The minimum absolute atomic E-state index is 0.131. The van der Waals surface area contributed by atoms with Crippen molar-refractivity contribution in [3.8, 4) is 17.1 Å². The van der Waals surface area contributed by atoms with Crippen LogP contribution in [0.4, 0.5) is 17.6 Å². The van der Waals surface area contributed by atoms with E-state index in [4.69, 9.17) is 16.3 Å². The molecule has 2 atom stereocenters. The molecule has 174 valence electrons. The number of piperidine rings is 1. The first kappa shape index (κ1) is 23.1. The van der Waals surface area contributed by atoms with Crippen molar-refractivity contribution in [2.75, 3.05) is 6.54 Å². The van der Waals surface area contributed by atoms with Crippen molar-refractivity contribution in [1.29, 1.82) is 0 Å². The van der Waals surface area contributed by atoms with Gasteiger partial charge in [0.05, 0.1) is 17.2 Å². The lowest BCUT2D eigenvalue weighted by Crippen LogP contribution is -2.51. The molecule has 1 aromatic carbocycles. The van der Waals surface area contributed by atoms with Crippen LogP contribution in [0.5, 0.6) is 5.88 Å². The smallest absolute Gasteiger partial charge is 0.417 e. The number of hydrogen-bond acceptors (Lipinski definition) is 3. The number of aromatic nitrogens is 2. The van der Waals surface area contributed by atoms with Crippen molar-refractivity contribution in [3.05, 3.63) is 70.8 Å². The van der Waals surface area contributed by atoms with E-state index in [-0.39, 0.29) is 27.9 Å². The number of rotatable bonds is 4. The summed E-state index contributed by atoms with van der Waals surface area (Å²) in [7, 11) is 0. The van der Waals surface area contributed by atoms with Gasteiger partial charge in [0.15, 0.2) is 0 Å². The van der Waals surface area contributed by atoms with Gasteiger partial charge in [-0.3, -0.25) is 4.79 Å². The van der Waals surface area contributed by atoms with E-state index >= 15 is 0 Å². The number of pyridine rings is 1. The fourth-order valence-electron chi connectivity index (χ4n) is 3.98. The van der Waals surface area contributed by atoms with Crippen molar-refractivity contribution in [3.63, 3.8) is 0 Å². The van der Waals surface area contributed by atoms with Crippen LogP contribution < -0.4 is 4.74 Å². The second kappa shape index (κ2) is 9.05. The second-order valence-electron chi connectivity index (χ2n) is 7.79. The van der Waals surface area contributed by atoms with Gasteiger partial charge in [0.1, 0.15) is 16.9 Å². The molecule has 0 spiro atoms. The minimum Gasteiger partial charge on any atom is -0.471 e. The third-order valence-electron chi connectivity index (χ3n) is 5.69. The maximum absolute atomic E-state index is 14.6. The Morgan fingerprint density at radius 2 is 2.06 bits per heavy atom. The largest absolute Gasteiger partial charge is 0.471 e. The lowest BCUT2D eigenvalue weighted by Gasteiger charge is -2.39. The van der Waals surface area contributed by atoms with Crippen molar-refractivity contribution in [2.45, 2.75) is 38.1 Å². The summed E-state index contributed by atoms with van der Waals surface area (Å²) in [6, 6.07) is 8.03. The van der Waals surface area contributed by atoms with Crippen LogP contribution >= 0.6 is 11.6 Å². The van der Waals surface area contributed by atoms with Gasteiger partial charge >= 0.3 is 6.18 Å². The monoisotopic (exact) mass is 481 g/mol. The first-order valence-corrected chi connectivity index (χ1v) is 10.7. The number of benzene rings is 1. The van der Waals surface area contributed by atoms with Gasteiger partial charge in [-0.2, -0.15) is 13.2 Å². The molecular formula is C23H20ClF4N3O2. The van der Waals surface area contributed by atoms with Gasteiger partial charge in [-0.15, -0.1) is 0 Å². The molecule has 33 heavy (non-hydrogen) atoms. The number of ether oxygens (including phenoxy) is 1. The van der Waals surface area contributed by atoms with E-state index in [1.807, 2.05) is 0 Å². The van der Waals surface area contributed by atoms with Gasteiger partial charge in [0.25, 0.3) is 5.91 Å². The molecule has 1 fully saturated rings. The van der Waals surface area contributed by atoms with Crippen LogP contribution in [-0.4, -0.2) is 39.5 Å². The third-order valence-corrected chi connectivity index (χ3v) is 5.96. The van der Waals surface area contributed by atoms with Crippen LogP contribution in [0.3, 0.4) is 0 Å². The number of aromatic amines is 1.